The molecule has 124 valence electrons. The van der Waals surface area contributed by atoms with Crippen LogP contribution in [0.4, 0.5) is 0 Å². The molecule has 0 radical (unpaired) electrons. The first-order chi connectivity index (χ1) is 11.0. The molecule has 2 rings (SSSR count). The number of carboxylic acids is 1. The van der Waals surface area contributed by atoms with E-state index in [0.717, 1.165) is 5.56 Å². The number of aliphatic carboxylic acids is 1. The number of piperidine rings is 1. The summed E-state index contributed by atoms with van der Waals surface area (Å²) in [5, 5.41) is 9.09. The van der Waals surface area contributed by atoms with Crippen LogP contribution in [0.3, 0.4) is 0 Å². The van der Waals surface area contributed by atoms with E-state index in [1.165, 1.54) is 6.08 Å². The Morgan fingerprint density at radius 3 is 2.74 bits per heavy atom. The van der Waals surface area contributed by atoms with Crippen LogP contribution in [0.5, 0.6) is 11.5 Å². The van der Waals surface area contributed by atoms with Gasteiger partial charge < -0.3 is 19.5 Å². The average molecular weight is 319 g/mol. The first-order valence-corrected chi connectivity index (χ1v) is 7.47. The van der Waals surface area contributed by atoms with Crippen molar-refractivity contribution in [3.63, 3.8) is 0 Å². The van der Waals surface area contributed by atoms with Gasteiger partial charge in [0.1, 0.15) is 11.5 Å². The van der Waals surface area contributed by atoms with Crippen LogP contribution in [0, 0.1) is 5.92 Å². The van der Waals surface area contributed by atoms with Crippen molar-refractivity contribution < 1.29 is 24.2 Å². The molecule has 0 bridgehead atoms. The van der Waals surface area contributed by atoms with Gasteiger partial charge in [0, 0.05) is 24.7 Å². The molecular formula is C17H21NO5. The second kappa shape index (κ2) is 7.67. The molecule has 1 fully saturated rings. The monoisotopic (exact) mass is 319 g/mol. The maximum absolute atomic E-state index is 12.3. The molecule has 1 N–H and O–H groups in total. The Hall–Kier alpha value is -2.50. The van der Waals surface area contributed by atoms with E-state index in [0.29, 0.717) is 30.9 Å². The SMILES string of the molecule is COc1ccc(OC)c(/C=C/C(=O)N2CCC[C@H](C(=O)O)C2)c1. The molecule has 0 aromatic heterocycles. The van der Waals surface area contributed by atoms with Crippen molar-refractivity contribution in [3.05, 3.63) is 29.8 Å². The summed E-state index contributed by atoms with van der Waals surface area (Å²) in [7, 11) is 3.13. The van der Waals surface area contributed by atoms with Crippen LogP contribution < -0.4 is 9.47 Å². The van der Waals surface area contributed by atoms with Crippen molar-refractivity contribution >= 4 is 18.0 Å². The van der Waals surface area contributed by atoms with Gasteiger partial charge in [0.2, 0.25) is 5.91 Å². The molecule has 0 aliphatic carbocycles. The van der Waals surface area contributed by atoms with Crippen molar-refractivity contribution in [1.29, 1.82) is 0 Å². The molecule has 23 heavy (non-hydrogen) atoms. The van der Waals surface area contributed by atoms with Crippen molar-refractivity contribution in [2.75, 3.05) is 27.3 Å². The number of methoxy groups -OCH3 is 2. The molecule has 1 amide bonds. The van der Waals surface area contributed by atoms with Crippen LogP contribution in [0.1, 0.15) is 18.4 Å². The molecule has 1 aromatic rings. The standard InChI is InChI=1S/C17H21NO5/c1-22-14-6-7-15(23-2)12(10-14)5-8-16(19)18-9-3-4-13(11-18)17(20)21/h5-8,10,13H,3-4,9,11H2,1-2H3,(H,20,21)/b8-5+/t13-/m0/s1. The van der Waals surface area contributed by atoms with Gasteiger partial charge in [0.05, 0.1) is 20.1 Å². The average Bonchev–Trinajstić information content (AvgIpc) is 2.59. The Bertz CT molecular complexity index is 611. The number of hydrogen-bond donors (Lipinski definition) is 1. The molecule has 1 heterocycles. The maximum atomic E-state index is 12.3. The van der Waals surface area contributed by atoms with E-state index in [-0.39, 0.29) is 12.5 Å². The van der Waals surface area contributed by atoms with Gasteiger partial charge in [-0.05, 0) is 37.1 Å². The topological polar surface area (TPSA) is 76.1 Å². The van der Waals surface area contributed by atoms with E-state index in [9.17, 15) is 9.59 Å². The van der Waals surface area contributed by atoms with E-state index in [2.05, 4.69) is 0 Å². The van der Waals surface area contributed by atoms with Crippen molar-refractivity contribution in [2.24, 2.45) is 5.92 Å². The van der Waals surface area contributed by atoms with Crippen molar-refractivity contribution in [1.82, 2.24) is 4.90 Å². The molecule has 0 spiro atoms. The maximum Gasteiger partial charge on any atom is 0.308 e. The number of benzene rings is 1. The number of carboxylic acid groups (broad SMARTS) is 1. The summed E-state index contributed by atoms with van der Waals surface area (Å²) in [6, 6.07) is 5.32. The molecule has 1 aliphatic rings. The number of amides is 1. The summed E-state index contributed by atoms with van der Waals surface area (Å²) in [6.45, 7) is 0.843. The number of ether oxygens (including phenoxy) is 2. The third kappa shape index (κ3) is 4.25. The molecule has 6 heteroatoms. The van der Waals surface area contributed by atoms with Crippen LogP contribution in [0.25, 0.3) is 6.08 Å². The number of carbonyl (C=O) groups is 2. The lowest BCUT2D eigenvalue weighted by Crippen LogP contribution is -2.41. The number of hydrogen-bond acceptors (Lipinski definition) is 4. The number of nitrogens with zero attached hydrogens (tertiary/aromatic N) is 1. The molecule has 1 saturated heterocycles. The minimum absolute atomic E-state index is 0.194. The highest BCUT2D eigenvalue weighted by Crippen LogP contribution is 2.25. The highest BCUT2D eigenvalue weighted by atomic mass is 16.5. The van der Waals surface area contributed by atoms with Crippen molar-refractivity contribution in [3.8, 4) is 11.5 Å². The Morgan fingerprint density at radius 2 is 2.09 bits per heavy atom. The fourth-order valence-corrected chi connectivity index (χ4v) is 2.62. The minimum Gasteiger partial charge on any atom is -0.497 e. The van der Waals surface area contributed by atoms with E-state index in [1.807, 2.05) is 0 Å². The zero-order valence-corrected chi connectivity index (χ0v) is 13.3. The predicted molar refractivity (Wildman–Crippen MR) is 85.5 cm³/mol. The van der Waals surface area contributed by atoms with Gasteiger partial charge in [-0.2, -0.15) is 0 Å². The first kappa shape index (κ1) is 16.9. The summed E-state index contributed by atoms with van der Waals surface area (Å²) in [5.74, 6) is -0.215. The fraction of sp³-hybridized carbons (Fsp3) is 0.412. The Balaban J connectivity index is 2.10. The molecule has 0 unspecified atom stereocenters. The summed E-state index contributed by atoms with van der Waals surface area (Å²) in [6.07, 6.45) is 4.43. The van der Waals surface area contributed by atoms with E-state index >= 15 is 0 Å². The number of likely N-dealkylation sites (tertiary alicyclic amines) is 1. The van der Waals surface area contributed by atoms with Crippen LogP contribution in [-0.4, -0.2) is 49.2 Å². The van der Waals surface area contributed by atoms with Gasteiger partial charge in [-0.1, -0.05) is 0 Å². The third-order valence-electron chi connectivity index (χ3n) is 3.92. The molecule has 1 aromatic carbocycles. The van der Waals surface area contributed by atoms with Gasteiger partial charge in [0.25, 0.3) is 0 Å². The molecular weight excluding hydrogens is 298 g/mol. The second-order valence-corrected chi connectivity index (χ2v) is 5.40. The van der Waals surface area contributed by atoms with Crippen LogP contribution >= 0.6 is 0 Å². The highest BCUT2D eigenvalue weighted by molar-refractivity contribution is 5.92. The lowest BCUT2D eigenvalue weighted by molar-refractivity contribution is -0.144. The van der Waals surface area contributed by atoms with Gasteiger partial charge in [-0.3, -0.25) is 9.59 Å². The third-order valence-corrected chi connectivity index (χ3v) is 3.92. The summed E-state index contributed by atoms with van der Waals surface area (Å²) >= 11 is 0. The zero-order valence-electron chi connectivity index (χ0n) is 13.3. The smallest absolute Gasteiger partial charge is 0.308 e. The Kier molecular flexibility index (Phi) is 5.62. The van der Waals surface area contributed by atoms with Gasteiger partial charge in [-0.25, -0.2) is 0 Å². The molecule has 1 atom stereocenters. The Labute approximate surface area is 135 Å². The van der Waals surface area contributed by atoms with Crippen LogP contribution in [0.15, 0.2) is 24.3 Å². The Morgan fingerprint density at radius 1 is 1.30 bits per heavy atom. The van der Waals surface area contributed by atoms with E-state index in [1.54, 1.807) is 43.4 Å². The van der Waals surface area contributed by atoms with Gasteiger partial charge in [0.15, 0.2) is 0 Å². The summed E-state index contributed by atoms with van der Waals surface area (Å²) < 4.78 is 10.4. The fourth-order valence-electron chi connectivity index (χ4n) is 2.62. The normalized spacial score (nSPS) is 18.0. The minimum atomic E-state index is -0.846. The summed E-state index contributed by atoms with van der Waals surface area (Å²) in [4.78, 5) is 24.9. The molecule has 1 aliphatic heterocycles. The van der Waals surface area contributed by atoms with E-state index < -0.39 is 11.9 Å². The highest BCUT2D eigenvalue weighted by Gasteiger charge is 2.27. The van der Waals surface area contributed by atoms with Crippen LogP contribution in [-0.2, 0) is 9.59 Å². The van der Waals surface area contributed by atoms with Gasteiger partial charge in [-0.15, -0.1) is 0 Å². The van der Waals surface area contributed by atoms with Crippen molar-refractivity contribution in [2.45, 2.75) is 12.8 Å². The zero-order chi connectivity index (χ0) is 16.8. The van der Waals surface area contributed by atoms with Gasteiger partial charge >= 0.3 is 5.97 Å². The molecule has 0 saturated carbocycles. The van der Waals surface area contributed by atoms with E-state index in [4.69, 9.17) is 14.6 Å². The number of rotatable bonds is 5. The number of carbonyl (C=O) groups excluding carboxylic acids is 1. The van der Waals surface area contributed by atoms with Crippen LogP contribution in [0.2, 0.25) is 0 Å². The lowest BCUT2D eigenvalue weighted by atomic mass is 9.98. The predicted octanol–water partition coefficient (Wildman–Crippen LogP) is 2.04. The lowest BCUT2D eigenvalue weighted by Gasteiger charge is -2.29. The molecule has 6 nitrogen and oxygen atoms in total. The second-order valence-electron chi connectivity index (χ2n) is 5.40. The quantitative estimate of drug-likeness (QED) is 0.841. The largest absolute Gasteiger partial charge is 0.497 e. The summed E-state index contributed by atoms with van der Waals surface area (Å²) in [5.41, 5.74) is 0.729. The first-order valence-electron chi connectivity index (χ1n) is 7.47.